The van der Waals surface area contributed by atoms with Crippen molar-refractivity contribution in [2.24, 2.45) is 0 Å². The molecule has 1 N–H and O–H groups in total. The molecule has 0 aromatic heterocycles. The fourth-order valence-electron chi connectivity index (χ4n) is 3.53. The Morgan fingerprint density at radius 3 is 2.34 bits per heavy atom. The number of halogens is 7. The highest BCUT2D eigenvalue weighted by molar-refractivity contribution is 7.99. The number of hydrogen-bond donors (Lipinski definition) is 1. The lowest BCUT2D eigenvalue weighted by Gasteiger charge is -2.30. The molecule has 0 amide bonds. The Balaban J connectivity index is 0.00000432. The molecule has 190 valence electrons. The second-order valence-electron chi connectivity index (χ2n) is 8.61. The molecule has 0 atom stereocenters. The summed E-state index contributed by atoms with van der Waals surface area (Å²) in [6.07, 6.45) is -3.49. The van der Waals surface area contributed by atoms with E-state index in [2.05, 4.69) is 19.4 Å². The first-order valence-corrected chi connectivity index (χ1v) is 12.5. The molecule has 0 heterocycles. The summed E-state index contributed by atoms with van der Waals surface area (Å²) in [4.78, 5) is 1.33. The van der Waals surface area contributed by atoms with Gasteiger partial charge in [0, 0.05) is 39.0 Å². The number of nitrogens with zero attached hydrogens (tertiary/aromatic N) is 1. The molecule has 0 aliphatic heterocycles. The molecule has 3 rings (SSSR count). The van der Waals surface area contributed by atoms with E-state index in [9.17, 15) is 13.2 Å². The van der Waals surface area contributed by atoms with Gasteiger partial charge in [0.15, 0.2) is 0 Å². The largest absolute Gasteiger partial charge is 1.00 e. The summed E-state index contributed by atoms with van der Waals surface area (Å²) in [6, 6.07) is 16.4. The van der Waals surface area contributed by atoms with Crippen molar-refractivity contribution < 1.29 is 30.1 Å². The van der Waals surface area contributed by atoms with Crippen LogP contribution in [0, 0.1) is 0 Å². The lowest BCUT2D eigenvalue weighted by atomic mass is 10.2. The molecule has 35 heavy (non-hydrogen) atoms. The first kappa shape index (κ1) is 29.9. The van der Waals surface area contributed by atoms with Crippen LogP contribution >= 0.6 is 46.6 Å². The zero-order valence-electron chi connectivity index (χ0n) is 19.1. The Hall–Kier alpha value is -1.28. The van der Waals surface area contributed by atoms with Crippen molar-refractivity contribution in [1.82, 2.24) is 0 Å². The predicted octanol–water partition coefficient (Wildman–Crippen LogP) is 5.90. The van der Waals surface area contributed by atoms with Gasteiger partial charge in [-0.15, -0.1) is 0 Å². The van der Waals surface area contributed by atoms with E-state index >= 15 is 0 Å². The maximum absolute atomic E-state index is 13.1. The number of benzene rings is 3. The predicted molar refractivity (Wildman–Crippen MR) is 137 cm³/mol. The first-order chi connectivity index (χ1) is 15.9. The third-order valence-corrected chi connectivity index (χ3v) is 7.22. The number of anilines is 1. The molecule has 0 spiro atoms. The van der Waals surface area contributed by atoms with Crippen molar-refractivity contribution in [2.45, 2.75) is 28.9 Å². The molecular formula is C25H25Cl4F3N2S. The van der Waals surface area contributed by atoms with Crippen molar-refractivity contribution in [1.29, 1.82) is 0 Å². The van der Waals surface area contributed by atoms with Gasteiger partial charge in [0.1, 0.15) is 6.54 Å². The molecular weight excluding hydrogens is 559 g/mol. The van der Waals surface area contributed by atoms with E-state index in [0.717, 1.165) is 52.3 Å². The molecule has 0 fully saturated rings. The van der Waals surface area contributed by atoms with E-state index in [1.165, 1.54) is 17.8 Å². The molecule has 0 unspecified atom stereocenters. The molecule has 0 radical (unpaired) electrons. The van der Waals surface area contributed by atoms with Crippen LogP contribution < -0.4 is 17.7 Å². The summed E-state index contributed by atoms with van der Waals surface area (Å²) in [6.45, 7) is 2.41. The minimum Gasteiger partial charge on any atom is -1.00 e. The maximum Gasteiger partial charge on any atom is 0.416 e. The number of alkyl halides is 3. The van der Waals surface area contributed by atoms with E-state index in [-0.39, 0.29) is 12.4 Å². The smallest absolute Gasteiger partial charge is 0.416 e. The fourth-order valence-corrected chi connectivity index (χ4v) is 4.99. The van der Waals surface area contributed by atoms with E-state index in [0.29, 0.717) is 26.5 Å². The van der Waals surface area contributed by atoms with Crippen LogP contribution in [0.5, 0.6) is 0 Å². The summed E-state index contributed by atoms with van der Waals surface area (Å²) in [5.41, 5.74) is 1.25. The van der Waals surface area contributed by atoms with Crippen LogP contribution in [0.4, 0.5) is 18.9 Å². The zero-order valence-corrected chi connectivity index (χ0v) is 22.9. The van der Waals surface area contributed by atoms with Gasteiger partial charge >= 0.3 is 6.18 Å². The van der Waals surface area contributed by atoms with Gasteiger partial charge < -0.3 is 22.2 Å². The van der Waals surface area contributed by atoms with Crippen LogP contribution in [-0.2, 0) is 12.7 Å². The monoisotopic (exact) mass is 582 g/mol. The topological polar surface area (TPSA) is 12.0 Å². The van der Waals surface area contributed by atoms with Crippen LogP contribution in [-0.4, -0.2) is 31.7 Å². The molecule has 2 nitrogen and oxygen atoms in total. The summed E-state index contributed by atoms with van der Waals surface area (Å²) in [5, 5.41) is 5.05. The maximum atomic E-state index is 13.1. The number of quaternary nitrogens is 1. The summed E-state index contributed by atoms with van der Waals surface area (Å²) in [7, 11) is 4.30. The molecule has 3 aromatic rings. The molecule has 0 saturated carbocycles. The first-order valence-electron chi connectivity index (χ1n) is 10.6. The fraction of sp³-hybridized carbons (Fsp3) is 0.280. The van der Waals surface area contributed by atoms with Crippen molar-refractivity contribution in [3.63, 3.8) is 0 Å². The zero-order chi connectivity index (χ0) is 24.9. The van der Waals surface area contributed by atoms with Crippen LogP contribution in [0.3, 0.4) is 0 Å². The van der Waals surface area contributed by atoms with Crippen LogP contribution in [0.15, 0.2) is 70.5 Å². The minimum absolute atomic E-state index is 0. The number of hydrogen-bond acceptors (Lipinski definition) is 2. The van der Waals surface area contributed by atoms with Gasteiger partial charge in [-0.3, -0.25) is 0 Å². The van der Waals surface area contributed by atoms with Gasteiger partial charge in [0.25, 0.3) is 0 Å². The standard InChI is InChI=1S/C25H25Cl3F3N2S.ClH/c1-33(2,16-17-7-9-21(27)22(28)13-17)12-4-11-32-23-15-19(26)8-10-24(23)34-20-6-3-5-18(14-20)25(29,30)31;/h3,5-10,13-15,32H,4,11-12,16H2,1-2H3;1H/q+1;/p-1. The number of nitrogens with one attached hydrogen (secondary N) is 1. The third-order valence-electron chi connectivity index (χ3n) is 5.18. The van der Waals surface area contributed by atoms with E-state index in [4.69, 9.17) is 34.8 Å². The van der Waals surface area contributed by atoms with Gasteiger partial charge in [0.05, 0.1) is 36.2 Å². The van der Waals surface area contributed by atoms with E-state index in [1.807, 2.05) is 24.3 Å². The molecule has 3 aromatic carbocycles. The van der Waals surface area contributed by atoms with Gasteiger partial charge in [-0.25, -0.2) is 0 Å². The van der Waals surface area contributed by atoms with Crippen LogP contribution in [0.1, 0.15) is 17.5 Å². The van der Waals surface area contributed by atoms with Gasteiger partial charge in [-0.1, -0.05) is 58.7 Å². The molecule has 0 aliphatic carbocycles. The van der Waals surface area contributed by atoms with E-state index < -0.39 is 11.7 Å². The highest BCUT2D eigenvalue weighted by atomic mass is 35.5. The van der Waals surface area contributed by atoms with E-state index in [1.54, 1.807) is 18.2 Å². The quantitative estimate of drug-likeness (QED) is 0.249. The van der Waals surface area contributed by atoms with Gasteiger partial charge in [0.2, 0.25) is 0 Å². The lowest BCUT2D eigenvalue weighted by molar-refractivity contribution is -0.903. The van der Waals surface area contributed by atoms with Crippen LogP contribution in [0.2, 0.25) is 15.1 Å². The Bertz CT molecular complexity index is 1140. The molecule has 0 saturated heterocycles. The van der Waals surface area contributed by atoms with Gasteiger partial charge in [-0.05, 0) is 48.5 Å². The number of rotatable bonds is 9. The highest BCUT2D eigenvalue weighted by Gasteiger charge is 2.30. The average Bonchev–Trinajstić information content (AvgIpc) is 2.75. The summed E-state index contributed by atoms with van der Waals surface area (Å²) < 4.78 is 40.0. The molecule has 10 heteroatoms. The summed E-state index contributed by atoms with van der Waals surface area (Å²) in [5.74, 6) is 0. The van der Waals surface area contributed by atoms with Crippen molar-refractivity contribution >= 4 is 52.3 Å². The van der Waals surface area contributed by atoms with Crippen LogP contribution in [0.25, 0.3) is 0 Å². The van der Waals surface area contributed by atoms with Crippen molar-refractivity contribution in [3.05, 3.63) is 86.9 Å². The Morgan fingerprint density at radius 2 is 1.66 bits per heavy atom. The minimum atomic E-state index is -4.37. The Morgan fingerprint density at radius 1 is 0.914 bits per heavy atom. The molecule has 0 bridgehead atoms. The second-order valence-corrected chi connectivity index (χ2v) is 11.0. The lowest BCUT2D eigenvalue weighted by Crippen LogP contribution is -3.00. The van der Waals surface area contributed by atoms with Gasteiger partial charge in [-0.2, -0.15) is 13.2 Å². The summed E-state index contributed by atoms with van der Waals surface area (Å²) >= 11 is 19.6. The van der Waals surface area contributed by atoms with Crippen molar-refractivity contribution in [3.8, 4) is 0 Å². The second kappa shape index (κ2) is 12.8. The third kappa shape index (κ3) is 9.27. The van der Waals surface area contributed by atoms with Crippen molar-refractivity contribution in [2.75, 3.05) is 32.5 Å². The average molecular weight is 584 g/mol. The SMILES string of the molecule is C[N+](C)(CCCNc1cc(Cl)ccc1Sc1cccc(C(F)(F)F)c1)Cc1ccc(Cl)c(Cl)c1.[Cl-]. The normalized spacial score (nSPS) is 11.8. The highest BCUT2D eigenvalue weighted by Crippen LogP contribution is 2.38. The Labute approximate surface area is 229 Å². The molecule has 0 aliphatic rings. The Kier molecular flexibility index (Phi) is 10.9.